The lowest BCUT2D eigenvalue weighted by molar-refractivity contribution is -0.0262. The molecule has 2 saturated heterocycles. The average molecular weight is 392 g/mol. The Balaban J connectivity index is 1.50. The molecule has 3 heterocycles. The van der Waals surface area contributed by atoms with Gasteiger partial charge in [0, 0.05) is 19.1 Å². The zero-order valence-corrected chi connectivity index (χ0v) is 17.0. The van der Waals surface area contributed by atoms with Crippen LogP contribution in [0.15, 0.2) is 29.3 Å². The van der Waals surface area contributed by atoms with E-state index in [2.05, 4.69) is 48.3 Å². The van der Waals surface area contributed by atoms with Crippen molar-refractivity contribution in [2.75, 3.05) is 31.1 Å². The lowest BCUT2D eigenvalue weighted by Crippen LogP contribution is -2.45. The molecule has 27 heavy (non-hydrogen) atoms. The number of hydrogen-bond donors (Lipinski definition) is 1. The van der Waals surface area contributed by atoms with Gasteiger partial charge in [0.25, 0.3) is 0 Å². The molecule has 1 N–H and O–H groups in total. The normalized spacial score (nSPS) is 29.7. The molecule has 1 aromatic carbocycles. The van der Waals surface area contributed by atoms with Crippen LogP contribution in [-0.4, -0.2) is 56.5 Å². The number of ether oxygens (including phenoxy) is 1. The summed E-state index contributed by atoms with van der Waals surface area (Å²) in [4.78, 5) is 7.08. The van der Waals surface area contributed by atoms with Crippen molar-refractivity contribution in [3.05, 3.63) is 35.4 Å². The Labute approximate surface area is 161 Å². The first-order chi connectivity index (χ1) is 12.9. The SMILES string of the molecule is CC(C)NC(=NCC1CCS(=O)(=O)C1)N1CCC2(C1)OCc1ccccc12. The first-order valence-corrected chi connectivity index (χ1v) is 11.7. The second-order valence-corrected chi connectivity index (χ2v) is 10.6. The van der Waals surface area contributed by atoms with Crippen LogP contribution < -0.4 is 5.32 Å². The highest BCUT2D eigenvalue weighted by Gasteiger charge is 2.46. The van der Waals surface area contributed by atoms with Gasteiger partial charge in [0.15, 0.2) is 15.8 Å². The van der Waals surface area contributed by atoms with Crippen molar-refractivity contribution < 1.29 is 13.2 Å². The van der Waals surface area contributed by atoms with Gasteiger partial charge in [-0.1, -0.05) is 24.3 Å². The molecule has 2 unspecified atom stereocenters. The molecule has 0 aromatic heterocycles. The van der Waals surface area contributed by atoms with Crippen LogP contribution in [0.5, 0.6) is 0 Å². The second kappa shape index (κ2) is 7.09. The Morgan fingerprint density at radius 2 is 2.22 bits per heavy atom. The van der Waals surface area contributed by atoms with E-state index in [1.807, 2.05) is 0 Å². The molecule has 7 heteroatoms. The Bertz CT molecular complexity index is 837. The van der Waals surface area contributed by atoms with Crippen molar-refractivity contribution >= 4 is 15.8 Å². The highest BCUT2D eigenvalue weighted by molar-refractivity contribution is 7.91. The number of fused-ring (bicyclic) bond motifs is 2. The highest BCUT2D eigenvalue weighted by Crippen LogP contribution is 2.43. The molecule has 0 amide bonds. The number of nitrogens with one attached hydrogen (secondary N) is 1. The molecule has 3 aliphatic heterocycles. The third-order valence-electron chi connectivity index (χ3n) is 5.79. The summed E-state index contributed by atoms with van der Waals surface area (Å²) in [5.41, 5.74) is 2.34. The largest absolute Gasteiger partial charge is 0.364 e. The number of benzene rings is 1. The van der Waals surface area contributed by atoms with E-state index in [1.54, 1.807) is 0 Å². The van der Waals surface area contributed by atoms with Crippen molar-refractivity contribution in [2.24, 2.45) is 10.9 Å². The van der Waals surface area contributed by atoms with Gasteiger partial charge in [-0.15, -0.1) is 0 Å². The van der Waals surface area contributed by atoms with Gasteiger partial charge >= 0.3 is 0 Å². The van der Waals surface area contributed by atoms with Crippen LogP contribution >= 0.6 is 0 Å². The van der Waals surface area contributed by atoms with E-state index in [4.69, 9.17) is 9.73 Å². The van der Waals surface area contributed by atoms with Gasteiger partial charge in [0.2, 0.25) is 0 Å². The zero-order valence-electron chi connectivity index (χ0n) is 16.1. The molecule has 3 aliphatic rings. The number of aliphatic imine (C=N–C) groups is 1. The van der Waals surface area contributed by atoms with Gasteiger partial charge in [-0.25, -0.2) is 8.42 Å². The van der Waals surface area contributed by atoms with E-state index >= 15 is 0 Å². The quantitative estimate of drug-likeness (QED) is 0.630. The van der Waals surface area contributed by atoms with Crippen molar-refractivity contribution in [1.82, 2.24) is 10.2 Å². The van der Waals surface area contributed by atoms with Crippen LogP contribution in [0.2, 0.25) is 0 Å². The summed E-state index contributed by atoms with van der Waals surface area (Å²) >= 11 is 0. The fraction of sp³-hybridized carbons (Fsp3) is 0.650. The standard InChI is InChI=1S/C20H29N3O3S/c1-15(2)22-19(21-11-16-7-10-27(24,25)13-16)23-9-8-20(14-23)18-6-4-3-5-17(18)12-26-20/h3-6,15-16H,7-14H2,1-2H3,(H,21,22). The lowest BCUT2D eigenvalue weighted by atomic mass is 9.92. The van der Waals surface area contributed by atoms with E-state index in [1.165, 1.54) is 11.1 Å². The van der Waals surface area contributed by atoms with Crippen molar-refractivity contribution in [3.63, 3.8) is 0 Å². The second-order valence-electron chi connectivity index (χ2n) is 8.34. The van der Waals surface area contributed by atoms with Crippen molar-refractivity contribution in [2.45, 2.75) is 44.9 Å². The monoisotopic (exact) mass is 391 g/mol. The van der Waals surface area contributed by atoms with E-state index in [-0.39, 0.29) is 23.3 Å². The number of hydrogen-bond acceptors (Lipinski definition) is 4. The van der Waals surface area contributed by atoms with E-state index in [0.717, 1.165) is 31.9 Å². The van der Waals surface area contributed by atoms with Crippen LogP contribution in [0.1, 0.15) is 37.8 Å². The molecule has 1 spiro atoms. The van der Waals surface area contributed by atoms with Crippen LogP contribution in [0.4, 0.5) is 0 Å². The summed E-state index contributed by atoms with van der Waals surface area (Å²) in [5.74, 6) is 1.59. The van der Waals surface area contributed by atoms with E-state index in [9.17, 15) is 8.42 Å². The third kappa shape index (κ3) is 3.85. The molecular formula is C20H29N3O3S. The maximum absolute atomic E-state index is 11.7. The highest BCUT2D eigenvalue weighted by atomic mass is 32.2. The van der Waals surface area contributed by atoms with Gasteiger partial charge in [-0.2, -0.15) is 0 Å². The summed E-state index contributed by atoms with van der Waals surface area (Å²) < 4.78 is 29.7. The van der Waals surface area contributed by atoms with Crippen LogP contribution in [0, 0.1) is 5.92 Å². The summed E-state index contributed by atoms with van der Waals surface area (Å²) in [6.07, 6.45) is 1.67. The molecule has 0 bridgehead atoms. The molecule has 2 atom stereocenters. The Kier molecular flexibility index (Phi) is 4.93. The summed E-state index contributed by atoms with van der Waals surface area (Å²) in [5, 5.41) is 3.47. The minimum Gasteiger partial charge on any atom is -0.364 e. The fourth-order valence-corrected chi connectivity index (χ4v) is 6.26. The first kappa shape index (κ1) is 18.7. The molecule has 1 aromatic rings. The fourth-order valence-electron chi connectivity index (χ4n) is 4.41. The molecular weight excluding hydrogens is 362 g/mol. The number of likely N-dealkylation sites (tertiary alicyclic amines) is 1. The predicted octanol–water partition coefficient (Wildman–Crippen LogP) is 1.91. The zero-order chi connectivity index (χ0) is 19.1. The maximum Gasteiger partial charge on any atom is 0.194 e. The molecule has 0 aliphatic carbocycles. The average Bonchev–Trinajstić information content (AvgIpc) is 3.31. The van der Waals surface area contributed by atoms with Gasteiger partial charge in [-0.3, -0.25) is 4.99 Å². The van der Waals surface area contributed by atoms with Crippen molar-refractivity contribution in [3.8, 4) is 0 Å². The third-order valence-corrected chi connectivity index (χ3v) is 7.62. The number of rotatable bonds is 3. The van der Waals surface area contributed by atoms with Crippen LogP contribution in [0.25, 0.3) is 0 Å². The summed E-state index contributed by atoms with van der Waals surface area (Å²) in [7, 11) is -2.86. The lowest BCUT2D eigenvalue weighted by Gasteiger charge is -2.28. The summed E-state index contributed by atoms with van der Waals surface area (Å²) in [6, 6.07) is 8.75. The topological polar surface area (TPSA) is 71.0 Å². The smallest absolute Gasteiger partial charge is 0.194 e. The van der Waals surface area contributed by atoms with Gasteiger partial charge in [0.05, 0.1) is 24.7 Å². The summed E-state index contributed by atoms with van der Waals surface area (Å²) in [6.45, 7) is 7.11. The molecule has 0 radical (unpaired) electrons. The first-order valence-electron chi connectivity index (χ1n) is 9.86. The Hall–Kier alpha value is -1.60. The predicted molar refractivity (Wildman–Crippen MR) is 106 cm³/mol. The molecule has 0 saturated carbocycles. The Morgan fingerprint density at radius 3 is 2.96 bits per heavy atom. The van der Waals surface area contributed by atoms with E-state index < -0.39 is 9.84 Å². The number of nitrogens with zero attached hydrogens (tertiary/aromatic N) is 2. The van der Waals surface area contributed by atoms with Crippen molar-refractivity contribution in [1.29, 1.82) is 0 Å². The maximum atomic E-state index is 11.7. The molecule has 2 fully saturated rings. The van der Waals surface area contributed by atoms with Crippen LogP contribution in [0.3, 0.4) is 0 Å². The number of guanidine groups is 1. The Morgan fingerprint density at radius 1 is 1.41 bits per heavy atom. The number of sulfone groups is 1. The van der Waals surface area contributed by atoms with E-state index in [0.29, 0.717) is 18.9 Å². The minimum absolute atomic E-state index is 0.138. The van der Waals surface area contributed by atoms with Gasteiger partial charge < -0.3 is 15.0 Å². The van der Waals surface area contributed by atoms with Gasteiger partial charge in [0.1, 0.15) is 5.60 Å². The molecule has 148 valence electrons. The molecule has 6 nitrogen and oxygen atoms in total. The van der Waals surface area contributed by atoms with Crippen LogP contribution in [-0.2, 0) is 26.8 Å². The minimum atomic E-state index is -2.86. The molecule has 4 rings (SSSR count). The van der Waals surface area contributed by atoms with Gasteiger partial charge in [-0.05, 0) is 43.7 Å².